The minimum Gasteiger partial charge on any atom is -0.387 e. The Morgan fingerprint density at radius 2 is 0.984 bits per heavy atom. The summed E-state index contributed by atoms with van der Waals surface area (Å²) in [7, 11) is 1.55. The third-order valence-corrected chi connectivity index (χ3v) is 11.4. The molecule has 352 valence electrons. The maximum atomic E-state index is 12.9. The molecule has 3 atom stereocenters. The molecule has 61 heavy (non-hydrogen) atoms. The Labute approximate surface area is 376 Å². The fourth-order valence-electron chi connectivity index (χ4n) is 6.51. The monoisotopic (exact) mass is 874 g/mol. The van der Waals surface area contributed by atoms with Crippen LogP contribution < -0.4 is 5.32 Å². The van der Waals surface area contributed by atoms with Gasteiger partial charge >= 0.3 is 7.82 Å². The number of phosphoric acid groups is 1. The highest BCUT2D eigenvalue weighted by Crippen LogP contribution is 2.43. The Hall–Kier alpha value is -2.32. The van der Waals surface area contributed by atoms with Crippen molar-refractivity contribution in [2.24, 2.45) is 0 Å². The zero-order valence-electron chi connectivity index (χ0n) is 39.9. The molecular weight excluding hydrogens is 780 g/mol. The summed E-state index contributed by atoms with van der Waals surface area (Å²) in [6, 6.07) is -0.855. The van der Waals surface area contributed by atoms with Gasteiger partial charge in [-0.25, -0.2) is 4.57 Å². The number of hydrogen-bond donors (Lipinski definition) is 3. The number of carbonyl (C=O) groups is 1. The molecule has 0 aromatic rings. The van der Waals surface area contributed by atoms with E-state index in [0.29, 0.717) is 17.4 Å². The van der Waals surface area contributed by atoms with Crippen molar-refractivity contribution in [1.82, 2.24) is 5.32 Å². The lowest BCUT2D eigenvalue weighted by molar-refractivity contribution is -0.870. The third-order valence-electron chi connectivity index (χ3n) is 10.4. The molecule has 3 N–H and O–H groups in total. The van der Waals surface area contributed by atoms with Crippen LogP contribution in [0.25, 0.3) is 0 Å². The molecule has 8 nitrogen and oxygen atoms in total. The molecule has 0 bridgehead atoms. The number of nitrogens with one attached hydrogen (secondary N) is 1. The second kappa shape index (κ2) is 43.0. The lowest BCUT2D eigenvalue weighted by atomic mass is 10.0. The number of unbranched alkanes of at least 4 members (excludes halogenated alkanes) is 18. The van der Waals surface area contributed by atoms with Gasteiger partial charge in [0.15, 0.2) is 0 Å². The number of amides is 1. The van der Waals surface area contributed by atoms with Crippen molar-refractivity contribution in [2.75, 3.05) is 40.9 Å². The van der Waals surface area contributed by atoms with Crippen LogP contribution in [0.3, 0.4) is 0 Å². The minimum atomic E-state index is -4.34. The van der Waals surface area contributed by atoms with Crippen molar-refractivity contribution in [3.8, 4) is 0 Å². The number of rotatable bonds is 43. The van der Waals surface area contributed by atoms with Gasteiger partial charge in [-0.2, -0.15) is 0 Å². The fraction of sp³-hybridized carbons (Fsp3) is 0.712. The first-order chi connectivity index (χ1) is 29.5. The van der Waals surface area contributed by atoms with E-state index < -0.39 is 20.0 Å². The lowest BCUT2D eigenvalue weighted by Gasteiger charge is -2.25. The first-order valence-corrected chi connectivity index (χ1v) is 26.0. The summed E-state index contributed by atoms with van der Waals surface area (Å²) in [5.74, 6) is -0.191. The molecule has 0 saturated carbocycles. The number of phosphoric ester groups is 1. The summed E-state index contributed by atoms with van der Waals surface area (Å²) in [5, 5.41) is 13.8. The Morgan fingerprint density at radius 1 is 0.574 bits per heavy atom. The molecular formula is C52H94N2O6P+. The molecule has 0 aromatic heterocycles. The van der Waals surface area contributed by atoms with Crippen LogP contribution in [0.4, 0.5) is 0 Å². The second-order valence-electron chi connectivity index (χ2n) is 17.5. The molecule has 0 aliphatic rings. The van der Waals surface area contributed by atoms with E-state index in [9.17, 15) is 19.4 Å². The Bertz CT molecular complexity index is 1260. The highest BCUT2D eigenvalue weighted by Gasteiger charge is 2.27. The predicted octanol–water partition coefficient (Wildman–Crippen LogP) is 14.1. The zero-order valence-corrected chi connectivity index (χ0v) is 40.8. The van der Waals surface area contributed by atoms with Crippen molar-refractivity contribution in [3.63, 3.8) is 0 Å². The summed E-state index contributed by atoms with van der Waals surface area (Å²) < 4.78 is 23.6. The summed E-state index contributed by atoms with van der Waals surface area (Å²) >= 11 is 0. The third kappa shape index (κ3) is 45.5. The molecule has 0 fully saturated rings. The van der Waals surface area contributed by atoms with Gasteiger partial charge in [0.25, 0.3) is 0 Å². The average molecular weight is 874 g/mol. The normalized spacial score (nSPS) is 14.9. The van der Waals surface area contributed by atoms with E-state index in [-0.39, 0.29) is 19.1 Å². The van der Waals surface area contributed by atoms with Crippen LogP contribution in [0.5, 0.6) is 0 Å². The van der Waals surface area contributed by atoms with Gasteiger partial charge in [-0.1, -0.05) is 195 Å². The van der Waals surface area contributed by atoms with Crippen LogP contribution in [-0.2, 0) is 18.4 Å². The highest BCUT2D eigenvalue weighted by molar-refractivity contribution is 7.47. The van der Waals surface area contributed by atoms with Crippen molar-refractivity contribution in [3.05, 3.63) is 85.1 Å². The topological polar surface area (TPSA) is 105 Å². The zero-order chi connectivity index (χ0) is 45.0. The maximum absolute atomic E-state index is 12.9. The fourth-order valence-corrected chi connectivity index (χ4v) is 7.25. The maximum Gasteiger partial charge on any atom is 0.472 e. The largest absolute Gasteiger partial charge is 0.472 e. The van der Waals surface area contributed by atoms with E-state index >= 15 is 0 Å². The van der Waals surface area contributed by atoms with Crippen LogP contribution in [0.15, 0.2) is 85.1 Å². The first kappa shape index (κ1) is 58.7. The molecule has 0 radical (unpaired) electrons. The van der Waals surface area contributed by atoms with Gasteiger partial charge in [0.2, 0.25) is 5.91 Å². The summed E-state index contributed by atoms with van der Waals surface area (Å²) in [6.07, 6.45) is 59.4. The molecule has 0 saturated heterocycles. The number of quaternary nitrogens is 1. The molecule has 0 heterocycles. The summed E-state index contributed by atoms with van der Waals surface area (Å²) in [6.45, 7) is 4.67. The molecule has 3 unspecified atom stereocenters. The van der Waals surface area contributed by atoms with E-state index in [4.69, 9.17) is 9.05 Å². The van der Waals surface area contributed by atoms with Crippen LogP contribution in [0.2, 0.25) is 0 Å². The SMILES string of the molecule is CC/C=C\C/C=C\C/C=C\C/C=C\C/C=C\C/C=C\CCCCCCCCCCC(=O)NC(COP(=O)(O)OCC[N+](C)(C)C)C(O)/C=C/CCCCCCCCCCCC. The van der Waals surface area contributed by atoms with Gasteiger partial charge in [-0.05, 0) is 70.6 Å². The number of aliphatic hydroxyl groups is 1. The molecule has 0 aliphatic heterocycles. The Balaban J connectivity index is 4.28. The van der Waals surface area contributed by atoms with Crippen molar-refractivity contribution in [2.45, 2.75) is 199 Å². The van der Waals surface area contributed by atoms with Crippen molar-refractivity contribution < 1.29 is 32.9 Å². The molecule has 0 aliphatic carbocycles. The lowest BCUT2D eigenvalue weighted by Crippen LogP contribution is -2.45. The highest BCUT2D eigenvalue weighted by atomic mass is 31.2. The second-order valence-corrected chi connectivity index (χ2v) is 18.9. The van der Waals surface area contributed by atoms with Crippen LogP contribution >= 0.6 is 7.82 Å². The standard InChI is InChI=1S/C52H93N2O6P/c1-6-8-10-12-14-16-18-20-21-22-23-24-25-26-27-28-29-30-31-32-33-34-36-38-40-42-44-46-52(56)53-50(49-60-61(57,58)59-48-47-54(3,4)5)51(55)45-43-41-39-37-35-19-17-15-13-11-9-7-2/h8,10,14,16,20-21,23-24,26-27,29-30,43,45,50-51,55H,6-7,9,11-13,15,17-19,22,25,28,31-42,44,46-49H2,1-5H3,(H-,53,56,57,58)/p+1/b10-8-,16-14-,21-20-,24-23-,27-26-,30-29-,45-43+. The van der Waals surface area contributed by atoms with E-state index in [1.165, 1.54) is 83.5 Å². The van der Waals surface area contributed by atoms with Gasteiger partial charge in [0.1, 0.15) is 13.2 Å². The number of nitrogens with zero attached hydrogens (tertiary/aromatic N) is 1. The number of aliphatic hydroxyl groups excluding tert-OH is 1. The quantitative estimate of drug-likeness (QED) is 0.0244. The van der Waals surface area contributed by atoms with Gasteiger partial charge < -0.3 is 19.8 Å². The van der Waals surface area contributed by atoms with E-state index in [0.717, 1.165) is 83.5 Å². The summed E-state index contributed by atoms with van der Waals surface area (Å²) in [5.41, 5.74) is 0. The average Bonchev–Trinajstić information content (AvgIpc) is 3.21. The summed E-state index contributed by atoms with van der Waals surface area (Å²) in [4.78, 5) is 23.2. The smallest absolute Gasteiger partial charge is 0.387 e. The number of hydrogen-bond acceptors (Lipinski definition) is 5. The first-order valence-electron chi connectivity index (χ1n) is 24.5. The van der Waals surface area contributed by atoms with Gasteiger partial charge in [0, 0.05) is 6.42 Å². The van der Waals surface area contributed by atoms with E-state index in [2.05, 4.69) is 92.1 Å². The van der Waals surface area contributed by atoms with E-state index in [1.54, 1.807) is 6.08 Å². The van der Waals surface area contributed by atoms with Crippen LogP contribution in [0.1, 0.15) is 187 Å². The predicted molar refractivity (Wildman–Crippen MR) is 263 cm³/mol. The van der Waals surface area contributed by atoms with Crippen molar-refractivity contribution in [1.29, 1.82) is 0 Å². The molecule has 0 rings (SSSR count). The molecule has 0 spiro atoms. The van der Waals surface area contributed by atoms with Gasteiger partial charge in [-0.15, -0.1) is 0 Å². The van der Waals surface area contributed by atoms with Crippen LogP contribution in [-0.4, -0.2) is 73.4 Å². The Kier molecular flexibility index (Phi) is 41.3. The Morgan fingerprint density at radius 3 is 1.44 bits per heavy atom. The van der Waals surface area contributed by atoms with Gasteiger partial charge in [-0.3, -0.25) is 13.8 Å². The minimum absolute atomic E-state index is 0.0555. The number of carbonyl (C=O) groups excluding carboxylic acids is 1. The molecule has 1 amide bonds. The number of allylic oxidation sites excluding steroid dienone is 13. The number of likely N-dealkylation sites (N-methyl/N-ethyl adjacent to an activating group) is 1. The molecule has 9 heteroatoms. The van der Waals surface area contributed by atoms with Crippen molar-refractivity contribution >= 4 is 13.7 Å². The van der Waals surface area contributed by atoms with E-state index in [1.807, 2.05) is 27.2 Å². The van der Waals surface area contributed by atoms with Gasteiger partial charge in [0.05, 0.1) is 39.9 Å². The molecule has 0 aromatic carbocycles. The van der Waals surface area contributed by atoms with Crippen LogP contribution in [0, 0.1) is 0 Å².